The van der Waals surface area contributed by atoms with Gasteiger partial charge < -0.3 is 5.73 Å². The van der Waals surface area contributed by atoms with Crippen LogP contribution < -0.4 is 5.73 Å². The summed E-state index contributed by atoms with van der Waals surface area (Å²) in [5, 5.41) is 0. The number of carbonyl (C=O) groups excluding carboxylic acids is 1. The Balaban J connectivity index is 2.69. The fraction of sp³-hybridized carbons (Fsp3) is 0.214. The molecule has 0 heterocycles. The van der Waals surface area contributed by atoms with Crippen LogP contribution >= 0.6 is 0 Å². The van der Waals surface area contributed by atoms with Gasteiger partial charge in [0, 0.05) is 24.3 Å². The van der Waals surface area contributed by atoms with E-state index in [1.54, 1.807) is 36.4 Å². The van der Waals surface area contributed by atoms with Gasteiger partial charge in [-0.3, -0.25) is 9.69 Å². The number of nitrogens with two attached hydrogens (primary N) is 1. The lowest BCUT2D eigenvalue weighted by molar-refractivity contribution is 0.0945. The Morgan fingerprint density at radius 3 is 2.47 bits per heavy atom. The third-order valence-corrected chi connectivity index (χ3v) is 2.35. The van der Waals surface area contributed by atoms with Crippen molar-refractivity contribution in [1.29, 1.82) is 0 Å². The van der Waals surface area contributed by atoms with Crippen LogP contribution in [0, 0.1) is 0 Å². The molecule has 17 heavy (non-hydrogen) atoms. The lowest BCUT2D eigenvalue weighted by atomic mass is 10.1. The fourth-order valence-corrected chi connectivity index (χ4v) is 1.58. The van der Waals surface area contributed by atoms with Gasteiger partial charge >= 0.3 is 0 Å². The molecule has 0 bridgehead atoms. The van der Waals surface area contributed by atoms with Crippen LogP contribution in [0.3, 0.4) is 0 Å². The van der Waals surface area contributed by atoms with Gasteiger partial charge in [0.1, 0.15) is 0 Å². The Hall–Kier alpha value is -1.87. The van der Waals surface area contributed by atoms with Gasteiger partial charge in [-0.2, -0.15) is 0 Å². The van der Waals surface area contributed by atoms with E-state index >= 15 is 0 Å². The van der Waals surface area contributed by atoms with Crippen LogP contribution in [0.15, 0.2) is 49.6 Å². The standard InChI is InChI=1S/C14H18N2O/c1-3-8-16(9-4-2)11-14(17)12-6-5-7-13(15)10-12/h3-7,10H,1-2,8-9,11,15H2. The van der Waals surface area contributed by atoms with Crippen molar-refractivity contribution in [1.82, 2.24) is 4.90 Å². The quantitative estimate of drug-likeness (QED) is 0.443. The molecule has 0 radical (unpaired) electrons. The second-order valence-electron chi connectivity index (χ2n) is 3.82. The monoisotopic (exact) mass is 230 g/mol. The van der Waals surface area contributed by atoms with E-state index in [1.165, 1.54) is 0 Å². The average Bonchev–Trinajstić information content (AvgIpc) is 2.29. The SMILES string of the molecule is C=CCN(CC=C)CC(=O)c1cccc(N)c1. The van der Waals surface area contributed by atoms with E-state index in [9.17, 15) is 4.79 Å². The zero-order valence-corrected chi connectivity index (χ0v) is 9.93. The topological polar surface area (TPSA) is 46.3 Å². The lowest BCUT2D eigenvalue weighted by Crippen LogP contribution is -2.30. The molecule has 1 rings (SSSR count). The van der Waals surface area contributed by atoms with E-state index in [0.717, 1.165) is 0 Å². The average molecular weight is 230 g/mol. The third-order valence-electron chi connectivity index (χ3n) is 2.35. The molecular weight excluding hydrogens is 212 g/mol. The summed E-state index contributed by atoms with van der Waals surface area (Å²) < 4.78 is 0. The van der Waals surface area contributed by atoms with Gasteiger partial charge in [-0.05, 0) is 12.1 Å². The van der Waals surface area contributed by atoms with Crippen molar-refractivity contribution >= 4 is 11.5 Å². The smallest absolute Gasteiger partial charge is 0.176 e. The molecule has 2 N–H and O–H groups in total. The second-order valence-corrected chi connectivity index (χ2v) is 3.82. The number of Topliss-reactive ketones (excluding diaryl/α,β-unsaturated/α-hetero) is 1. The van der Waals surface area contributed by atoms with Gasteiger partial charge in [-0.1, -0.05) is 24.3 Å². The van der Waals surface area contributed by atoms with Gasteiger partial charge in [0.15, 0.2) is 5.78 Å². The van der Waals surface area contributed by atoms with Crippen molar-refractivity contribution in [2.75, 3.05) is 25.4 Å². The highest BCUT2D eigenvalue weighted by Gasteiger charge is 2.10. The minimum atomic E-state index is 0.0565. The molecule has 0 atom stereocenters. The summed E-state index contributed by atoms with van der Waals surface area (Å²) in [6.45, 7) is 9.02. The molecule has 0 aliphatic rings. The summed E-state index contributed by atoms with van der Waals surface area (Å²) in [7, 11) is 0. The van der Waals surface area contributed by atoms with Crippen molar-refractivity contribution in [3.05, 3.63) is 55.1 Å². The Morgan fingerprint density at radius 2 is 1.94 bits per heavy atom. The Kier molecular flexibility index (Phi) is 5.17. The van der Waals surface area contributed by atoms with Crippen LogP contribution in [0.2, 0.25) is 0 Å². The number of rotatable bonds is 7. The number of anilines is 1. The van der Waals surface area contributed by atoms with Gasteiger partial charge in [-0.25, -0.2) is 0 Å². The third kappa shape index (κ3) is 4.25. The first-order valence-electron chi connectivity index (χ1n) is 5.50. The van der Waals surface area contributed by atoms with E-state index < -0.39 is 0 Å². The van der Waals surface area contributed by atoms with Gasteiger partial charge in [0.05, 0.1) is 6.54 Å². The van der Waals surface area contributed by atoms with E-state index in [0.29, 0.717) is 30.9 Å². The maximum absolute atomic E-state index is 12.0. The highest BCUT2D eigenvalue weighted by molar-refractivity contribution is 5.98. The molecule has 3 nitrogen and oxygen atoms in total. The lowest BCUT2D eigenvalue weighted by Gasteiger charge is -2.17. The van der Waals surface area contributed by atoms with Crippen LogP contribution in [0.1, 0.15) is 10.4 Å². The molecule has 1 aromatic carbocycles. The van der Waals surface area contributed by atoms with Crippen molar-refractivity contribution < 1.29 is 4.79 Å². The van der Waals surface area contributed by atoms with Crippen LogP contribution in [0.4, 0.5) is 5.69 Å². The highest BCUT2D eigenvalue weighted by atomic mass is 16.1. The Labute approximate surface area is 102 Å². The summed E-state index contributed by atoms with van der Waals surface area (Å²) in [6.07, 6.45) is 3.55. The molecule has 0 spiro atoms. The largest absolute Gasteiger partial charge is 0.399 e. The molecular formula is C14H18N2O. The fourth-order valence-electron chi connectivity index (χ4n) is 1.58. The predicted octanol–water partition coefficient (Wildman–Crippen LogP) is 2.13. The minimum absolute atomic E-state index is 0.0565. The normalized spacial score (nSPS) is 10.2. The first kappa shape index (κ1) is 13.2. The molecule has 0 saturated heterocycles. The molecule has 0 unspecified atom stereocenters. The van der Waals surface area contributed by atoms with Crippen LogP contribution in [0.5, 0.6) is 0 Å². The van der Waals surface area contributed by atoms with Gasteiger partial charge in [0.2, 0.25) is 0 Å². The number of ketones is 1. The molecule has 0 aliphatic carbocycles. The molecule has 0 aliphatic heterocycles. The Morgan fingerprint density at radius 1 is 1.29 bits per heavy atom. The van der Waals surface area contributed by atoms with E-state index in [-0.39, 0.29) is 5.78 Å². The van der Waals surface area contributed by atoms with Crippen molar-refractivity contribution in [2.45, 2.75) is 0 Å². The number of nitrogens with zero attached hydrogens (tertiary/aromatic N) is 1. The van der Waals surface area contributed by atoms with Crippen molar-refractivity contribution in [2.24, 2.45) is 0 Å². The summed E-state index contributed by atoms with van der Waals surface area (Å²) >= 11 is 0. The molecule has 1 aromatic rings. The Bertz CT molecular complexity index is 402. The molecule has 0 fully saturated rings. The van der Waals surface area contributed by atoms with E-state index in [4.69, 9.17) is 5.73 Å². The number of benzene rings is 1. The molecule has 90 valence electrons. The number of carbonyl (C=O) groups is 1. The van der Waals surface area contributed by atoms with Crippen LogP contribution in [-0.2, 0) is 0 Å². The molecule has 0 saturated carbocycles. The zero-order chi connectivity index (χ0) is 12.7. The summed E-state index contributed by atoms with van der Waals surface area (Å²) in [6, 6.07) is 7.02. The van der Waals surface area contributed by atoms with Crippen molar-refractivity contribution in [3.63, 3.8) is 0 Å². The molecule has 0 amide bonds. The van der Waals surface area contributed by atoms with E-state index in [2.05, 4.69) is 13.2 Å². The van der Waals surface area contributed by atoms with Crippen LogP contribution in [0.25, 0.3) is 0 Å². The van der Waals surface area contributed by atoms with Gasteiger partial charge in [0.25, 0.3) is 0 Å². The number of hydrogen-bond acceptors (Lipinski definition) is 3. The minimum Gasteiger partial charge on any atom is -0.399 e. The summed E-state index contributed by atoms with van der Waals surface area (Å²) in [5.41, 5.74) is 6.89. The predicted molar refractivity (Wildman–Crippen MR) is 72.0 cm³/mol. The summed E-state index contributed by atoms with van der Waals surface area (Å²) in [5.74, 6) is 0.0565. The van der Waals surface area contributed by atoms with E-state index in [1.807, 2.05) is 4.90 Å². The number of hydrogen-bond donors (Lipinski definition) is 1. The highest BCUT2D eigenvalue weighted by Crippen LogP contribution is 2.08. The second kappa shape index (κ2) is 6.66. The number of nitrogen functional groups attached to an aromatic ring is 1. The zero-order valence-electron chi connectivity index (χ0n) is 9.93. The first-order valence-corrected chi connectivity index (χ1v) is 5.50. The van der Waals surface area contributed by atoms with Crippen molar-refractivity contribution in [3.8, 4) is 0 Å². The maximum Gasteiger partial charge on any atom is 0.176 e. The van der Waals surface area contributed by atoms with Gasteiger partial charge in [-0.15, -0.1) is 13.2 Å². The molecule has 0 aromatic heterocycles. The first-order chi connectivity index (χ1) is 8.17. The summed E-state index contributed by atoms with van der Waals surface area (Å²) in [4.78, 5) is 14.0. The van der Waals surface area contributed by atoms with Crippen LogP contribution in [-0.4, -0.2) is 30.3 Å². The maximum atomic E-state index is 12.0. The molecule has 3 heteroatoms.